The Balaban J connectivity index is 2.85. The van der Waals surface area contributed by atoms with Crippen molar-refractivity contribution in [2.45, 2.75) is 27.1 Å². The van der Waals surface area contributed by atoms with Gasteiger partial charge in [0.15, 0.2) is 17.8 Å². The summed E-state index contributed by atoms with van der Waals surface area (Å²) < 4.78 is 16.5. The Morgan fingerprint density at radius 2 is 2.00 bits per heavy atom. The van der Waals surface area contributed by atoms with E-state index >= 15 is 0 Å². The molecule has 0 N–H and O–H groups in total. The molecule has 0 aromatic heterocycles. The zero-order valence-corrected chi connectivity index (χ0v) is 10.7. The van der Waals surface area contributed by atoms with Gasteiger partial charge in [-0.05, 0) is 38.5 Å². The summed E-state index contributed by atoms with van der Waals surface area (Å²) in [4.78, 5) is 0. The molecule has 3 heteroatoms. The van der Waals surface area contributed by atoms with Crippen LogP contribution in [0.3, 0.4) is 0 Å². The third-order valence-corrected chi connectivity index (χ3v) is 2.20. The highest BCUT2D eigenvalue weighted by molar-refractivity contribution is 5.54. The minimum Gasteiger partial charge on any atom is -0.490 e. The van der Waals surface area contributed by atoms with Crippen molar-refractivity contribution in [1.82, 2.24) is 0 Å². The largest absolute Gasteiger partial charge is 0.490 e. The van der Waals surface area contributed by atoms with Crippen LogP contribution >= 0.6 is 0 Å². The van der Waals surface area contributed by atoms with Gasteiger partial charge in [-0.25, -0.2) is 0 Å². The predicted octanol–water partition coefficient (Wildman–Crippen LogP) is 3.49. The molecule has 0 aliphatic rings. The Morgan fingerprint density at radius 1 is 1.24 bits per heavy atom. The minimum absolute atomic E-state index is 0.284. The van der Waals surface area contributed by atoms with Gasteiger partial charge in [0, 0.05) is 6.61 Å². The van der Waals surface area contributed by atoms with Crippen molar-refractivity contribution in [3.63, 3.8) is 0 Å². The average Bonchev–Trinajstić information content (AvgIpc) is 2.32. The highest BCUT2D eigenvalue weighted by atomic mass is 16.7. The molecule has 0 aliphatic heterocycles. The highest BCUT2D eigenvalue weighted by Gasteiger charge is 2.09. The molecule has 1 atom stereocenters. The molecular weight excluding hydrogens is 216 g/mol. The second kappa shape index (κ2) is 6.97. The van der Waals surface area contributed by atoms with E-state index in [1.807, 2.05) is 39.0 Å². The first-order valence-corrected chi connectivity index (χ1v) is 5.88. The molecule has 0 bridgehead atoms. The Kier molecular flexibility index (Phi) is 5.57. The molecular formula is C14H20O3. The average molecular weight is 236 g/mol. The maximum absolute atomic E-state index is 5.66. The van der Waals surface area contributed by atoms with Gasteiger partial charge in [-0.1, -0.05) is 18.7 Å². The standard InChI is InChI=1S/C14H20O3/c1-5-12-8-9-13(14(10-12)16-7-3)17-11(4)15-6-2/h5,8-11H,1,6-7H2,2-4H3. The van der Waals surface area contributed by atoms with Crippen LogP contribution in [0.1, 0.15) is 26.3 Å². The summed E-state index contributed by atoms with van der Waals surface area (Å²) in [5.74, 6) is 1.41. The zero-order valence-electron chi connectivity index (χ0n) is 10.7. The molecule has 0 saturated carbocycles. The third-order valence-electron chi connectivity index (χ3n) is 2.20. The smallest absolute Gasteiger partial charge is 0.197 e. The van der Waals surface area contributed by atoms with Crippen LogP contribution in [0.4, 0.5) is 0 Å². The molecule has 3 nitrogen and oxygen atoms in total. The lowest BCUT2D eigenvalue weighted by Gasteiger charge is -2.17. The second-order valence-electron chi connectivity index (χ2n) is 3.48. The van der Waals surface area contributed by atoms with Crippen molar-refractivity contribution in [3.8, 4) is 11.5 Å². The van der Waals surface area contributed by atoms with Gasteiger partial charge in [-0.3, -0.25) is 0 Å². The van der Waals surface area contributed by atoms with Crippen molar-refractivity contribution in [2.24, 2.45) is 0 Å². The molecule has 1 unspecified atom stereocenters. The van der Waals surface area contributed by atoms with Crippen LogP contribution in [0.15, 0.2) is 24.8 Å². The topological polar surface area (TPSA) is 27.7 Å². The Bertz CT molecular complexity index is 360. The molecule has 0 fully saturated rings. The van der Waals surface area contributed by atoms with Gasteiger partial charge >= 0.3 is 0 Å². The van der Waals surface area contributed by atoms with Crippen LogP contribution < -0.4 is 9.47 Å². The third kappa shape index (κ3) is 4.11. The van der Waals surface area contributed by atoms with Crippen LogP contribution in [-0.2, 0) is 4.74 Å². The SMILES string of the molecule is C=Cc1ccc(OC(C)OCC)c(OCC)c1. The van der Waals surface area contributed by atoms with Crippen molar-refractivity contribution < 1.29 is 14.2 Å². The molecule has 0 heterocycles. The van der Waals surface area contributed by atoms with Gasteiger partial charge in [0.25, 0.3) is 0 Å². The summed E-state index contributed by atoms with van der Waals surface area (Å²) in [7, 11) is 0. The monoisotopic (exact) mass is 236 g/mol. The summed E-state index contributed by atoms with van der Waals surface area (Å²) in [6, 6.07) is 5.71. The molecule has 94 valence electrons. The van der Waals surface area contributed by atoms with Crippen molar-refractivity contribution >= 4 is 6.08 Å². The molecule has 1 aromatic rings. The number of hydrogen-bond acceptors (Lipinski definition) is 3. The maximum Gasteiger partial charge on any atom is 0.197 e. The fourth-order valence-corrected chi connectivity index (χ4v) is 1.46. The molecule has 0 amide bonds. The summed E-state index contributed by atoms with van der Waals surface area (Å²) in [5.41, 5.74) is 1.00. The van der Waals surface area contributed by atoms with Gasteiger partial charge in [0.2, 0.25) is 0 Å². The van der Waals surface area contributed by atoms with Crippen LogP contribution in [0.5, 0.6) is 11.5 Å². The minimum atomic E-state index is -0.284. The van der Waals surface area contributed by atoms with Gasteiger partial charge in [-0.15, -0.1) is 0 Å². The lowest BCUT2D eigenvalue weighted by atomic mass is 10.2. The Labute approximate surface area is 103 Å². The summed E-state index contributed by atoms with van der Waals surface area (Å²) in [5, 5.41) is 0. The lowest BCUT2D eigenvalue weighted by molar-refractivity contribution is -0.0625. The van der Waals surface area contributed by atoms with Crippen molar-refractivity contribution in [3.05, 3.63) is 30.3 Å². The zero-order chi connectivity index (χ0) is 12.7. The number of rotatable bonds is 7. The number of ether oxygens (including phenoxy) is 3. The highest BCUT2D eigenvalue weighted by Crippen LogP contribution is 2.29. The van der Waals surface area contributed by atoms with E-state index < -0.39 is 0 Å². The molecule has 1 rings (SSSR count). The number of benzene rings is 1. The fourth-order valence-electron chi connectivity index (χ4n) is 1.46. The van der Waals surface area contributed by atoms with E-state index in [0.29, 0.717) is 19.0 Å². The first kappa shape index (κ1) is 13.6. The Hall–Kier alpha value is -1.48. The van der Waals surface area contributed by atoms with E-state index in [4.69, 9.17) is 14.2 Å². The first-order chi connectivity index (χ1) is 8.21. The quantitative estimate of drug-likeness (QED) is 0.678. The number of hydrogen-bond donors (Lipinski definition) is 0. The molecule has 0 saturated heterocycles. The summed E-state index contributed by atoms with van der Waals surface area (Å²) in [6.07, 6.45) is 1.49. The molecule has 0 aliphatic carbocycles. The van der Waals surface area contributed by atoms with Crippen molar-refractivity contribution in [2.75, 3.05) is 13.2 Å². The first-order valence-electron chi connectivity index (χ1n) is 5.88. The molecule has 0 spiro atoms. The Morgan fingerprint density at radius 3 is 2.59 bits per heavy atom. The van der Waals surface area contributed by atoms with E-state index in [1.54, 1.807) is 6.08 Å². The maximum atomic E-state index is 5.66. The van der Waals surface area contributed by atoms with E-state index in [-0.39, 0.29) is 6.29 Å². The second-order valence-corrected chi connectivity index (χ2v) is 3.48. The van der Waals surface area contributed by atoms with Gasteiger partial charge in [0.1, 0.15) is 0 Å². The normalized spacial score (nSPS) is 11.9. The van der Waals surface area contributed by atoms with Gasteiger partial charge < -0.3 is 14.2 Å². The van der Waals surface area contributed by atoms with Gasteiger partial charge in [-0.2, -0.15) is 0 Å². The fraction of sp³-hybridized carbons (Fsp3) is 0.429. The predicted molar refractivity (Wildman–Crippen MR) is 69.4 cm³/mol. The van der Waals surface area contributed by atoms with Crippen LogP contribution in [0.2, 0.25) is 0 Å². The molecule has 17 heavy (non-hydrogen) atoms. The van der Waals surface area contributed by atoms with E-state index in [0.717, 1.165) is 11.3 Å². The van der Waals surface area contributed by atoms with Crippen LogP contribution in [0, 0.1) is 0 Å². The summed E-state index contributed by atoms with van der Waals surface area (Å²) >= 11 is 0. The van der Waals surface area contributed by atoms with E-state index in [2.05, 4.69) is 6.58 Å². The van der Waals surface area contributed by atoms with Crippen LogP contribution in [0.25, 0.3) is 6.08 Å². The van der Waals surface area contributed by atoms with Crippen molar-refractivity contribution in [1.29, 1.82) is 0 Å². The molecule has 1 aromatic carbocycles. The molecule has 0 radical (unpaired) electrons. The van der Waals surface area contributed by atoms with E-state index in [9.17, 15) is 0 Å². The van der Waals surface area contributed by atoms with Gasteiger partial charge in [0.05, 0.1) is 6.61 Å². The van der Waals surface area contributed by atoms with Crippen LogP contribution in [-0.4, -0.2) is 19.5 Å². The lowest BCUT2D eigenvalue weighted by Crippen LogP contribution is -2.16. The van der Waals surface area contributed by atoms with E-state index in [1.165, 1.54) is 0 Å². The summed E-state index contributed by atoms with van der Waals surface area (Å²) in [6.45, 7) is 10.7.